The molecule has 0 spiro atoms. The third-order valence-electron chi connectivity index (χ3n) is 4.15. The van der Waals surface area contributed by atoms with Crippen LogP contribution in [0.1, 0.15) is 79.1 Å². The van der Waals surface area contributed by atoms with Crippen molar-refractivity contribution in [2.45, 2.75) is 79.1 Å². The molecule has 1 nitrogen and oxygen atoms in total. The molecular formula is C16H34ClOP. The third kappa shape index (κ3) is 9.97. The van der Waals surface area contributed by atoms with Crippen molar-refractivity contribution in [3.8, 4) is 0 Å². The smallest absolute Gasteiger partial charge is 0.170 e. The molecule has 0 aliphatic heterocycles. The average molecular weight is 309 g/mol. The summed E-state index contributed by atoms with van der Waals surface area (Å²) in [6, 6.07) is 0. The molecule has 0 bridgehead atoms. The number of hydrogen-bond acceptors (Lipinski definition) is 1. The van der Waals surface area contributed by atoms with Crippen molar-refractivity contribution in [3.63, 3.8) is 0 Å². The molecule has 2 atom stereocenters. The van der Waals surface area contributed by atoms with Crippen LogP contribution in [-0.4, -0.2) is 12.3 Å². The predicted molar refractivity (Wildman–Crippen MR) is 89.8 cm³/mol. The SMILES string of the molecule is CCCCC(CC)CP(=O)(Cl)CC(CC)CCCC. The first-order valence-corrected chi connectivity index (χ1v) is 11.2. The second-order valence-corrected chi connectivity index (χ2v) is 10.1. The Labute approximate surface area is 126 Å². The van der Waals surface area contributed by atoms with E-state index in [0.29, 0.717) is 11.8 Å². The van der Waals surface area contributed by atoms with Gasteiger partial charge in [-0.25, -0.2) is 0 Å². The Morgan fingerprint density at radius 3 is 1.47 bits per heavy atom. The van der Waals surface area contributed by atoms with Crippen LogP contribution in [0.15, 0.2) is 0 Å². The minimum atomic E-state index is -2.45. The quantitative estimate of drug-likeness (QED) is 0.357. The molecule has 3 heteroatoms. The van der Waals surface area contributed by atoms with Crippen LogP contribution in [-0.2, 0) is 4.57 Å². The molecule has 0 aliphatic rings. The summed E-state index contributed by atoms with van der Waals surface area (Å²) >= 11 is 6.40. The van der Waals surface area contributed by atoms with Crippen molar-refractivity contribution >= 4 is 17.7 Å². The van der Waals surface area contributed by atoms with Crippen LogP contribution in [0.5, 0.6) is 0 Å². The largest absolute Gasteiger partial charge is 0.307 e. The Kier molecular flexibility index (Phi) is 11.5. The predicted octanol–water partition coefficient (Wildman–Crippen LogP) is 6.94. The normalized spacial score (nSPS) is 17.9. The lowest BCUT2D eigenvalue weighted by molar-refractivity contribution is 0.468. The summed E-state index contributed by atoms with van der Waals surface area (Å²) in [5.74, 6) is 1.12. The molecule has 0 N–H and O–H groups in total. The van der Waals surface area contributed by atoms with Crippen molar-refractivity contribution < 1.29 is 4.57 Å². The van der Waals surface area contributed by atoms with Crippen LogP contribution in [0.4, 0.5) is 0 Å². The molecule has 0 aromatic carbocycles. The summed E-state index contributed by atoms with van der Waals surface area (Å²) in [5, 5.41) is 0. The summed E-state index contributed by atoms with van der Waals surface area (Å²) in [6.07, 6.45) is 11.0. The van der Waals surface area contributed by atoms with Gasteiger partial charge in [0.2, 0.25) is 0 Å². The van der Waals surface area contributed by atoms with Gasteiger partial charge < -0.3 is 4.57 Å². The molecule has 0 saturated carbocycles. The number of halogens is 1. The van der Waals surface area contributed by atoms with Crippen LogP contribution in [0.3, 0.4) is 0 Å². The summed E-state index contributed by atoms with van der Waals surface area (Å²) in [7, 11) is 0. The zero-order chi connectivity index (χ0) is 14.7. The lowest BCUT2D eigenvalue weighted by Gasteiger charge is -2.22. The Morgan fingerprint density at radius 2 is 1.21 bits per heavy atom. The first-order valence-electron chi connectivity index (χ1n) is 8.26. The second kappa shape index (κ2) is 11.2. The highest BCUT2D eigenvalue weighted by Gasteiger charge is 2.26. The van der Waals surface area contributed by atoms with E-state index < -0.39 is 6.49 Å². The van der Waals surface area contributed by atoms with Gasteiger partial charge in [-0.2, -0.15) is 0 Å². The van der Waals surface area contributed by atoms with Crippen molar-refractivity contribution in [3.05, 3.63) is 0 Å². The van der Waals surface area contributed by atoms with Gasteiger partial charge in [0.05, 0.1) is 0 Å². The van der Waals surface area contributed by atoms with E-state index >= 15 is 0 Å². The van der Waals surface area contributed by atoms with E-state index in [2.05, 4.69) is 27.7 Å². The topological polar surface area (TPSA) is 17.1 Å². The van der Waals surface area contributed by atoms with Crippen LogP contribution in [0, 0.1) is 11.8 Å². The molecular weight excluding hydrogens is 275 g/mol. The molecule has 0 aromatic heterocycles. The fraction of sp³-hybridized carbons (Fsp3) is 1.00. The summed E-state index contributed by atoms with van der Waals surface area (Å²) in [4.78, 5) is 0. The van der Waals surface area contributed by atoms with Gasteiger partial charge in [0, 0.05) is 12.3 Å². The molecule has 0 radical (unpaired) electrons. The van der Waals surface area contributed by atoms with E-state index in [1.807, 2.05) is 0 Å². The number of unbranched alkanes of at least 4 members (excludes halogenated alkanes) is 2. The molecule has 0 rings (SSSR count). The lowest BCUT2D eigenvalue weighted by atomic mass is 10.0. The van der Waals surface area contributed by atoms with Gasteiger partial charge >= 0.3 is 0 Å². The van der Waals surface area contributed by atoms with E-state index in [-0.39, 0.29) is 0 Å². The fourth-order valence-corrected chi connectivity index (χ4v) is 6.42. The summed E-state index contributed by atoms with van der Waals surface area (Å²) < 4.78 is 12.6. The Balaban J connectivity index is 4.29. The summed E-state index contributed by atoms with van der Waals surface area (Å²) in [6.45, 7) is 6.38. The lowest BCUT2D eigenvalue weighted by Crippen LogP contribution is -2.10. The second-order valence-electron chi connectivity index (χ2n) is 5.99. The minimum absolute atomic E-state index is 0.562. The highest BCUT2D eigenvalue weighted by atomic mass is 35.7. The number of rotatable bonds is 12. The third-order valence-corrected chi connectivity index (χ3v) is 7.10. The van der Waals surface area contributed by atoms with Crippen LogP contribution in [0.25, 0.3) is 0 Å². The van der Waals surface area contributed by atoms with Crippen molar-refractivity contribution in [2.75, 3.05) is 12.3 Å². The van der Waals surface area contributed by atoms with Gasteiger partial charge in [-0.05, 0) is 24.7 Å². The molecule has 0 heterocycles. The van der Waals surface area contributed by atoms with E-state index in [1.54, 1.807) is 0 Å². The van der Waals surface area contributed by atoms with Gasteiger partial charge in [0.15, 0.2) is 6.49 Å². The van der Waals surface area contributed by atoms with E-state index in [9.17, 15) is 4.57 Å². The molecule has 0 amide bonds. The first kappa shape index (κ1) is 19.5. The maximum absolute atomic E-state index is 12.6. The van der Waals surface area contributed by atoms with Crippen LogP contribution < -0.4 is 0 Å². The zero-order valence-electron chi connectivity index (χ0n) is 13.5. The van der Waals surface area contributed by atoms with Gasteiger partial charge in [0.1, 0.15) is 0 Å². The molecule has 0 saturated heterocycles. The fourth-order valence-electron chi connectivity index (χ4n) is 2.68. The van der Waals surface area contributed by atoms with E-state index in [1.165, 1.54) is 38.5 Å². The van der Waals surface area contributed by atoms with Crippen molar-refractivity contribution in [2.24, 2.45) is 11.8 Å². The van der Waals surface area contributed by atoms with Gasteiger partial charge in [-0.1, -0.05) is 77.5 Å². The van der Waals surface area contributed by atoms with E-state index in [0.717, 1.165) is 25.2 Å². The number of hydrogen-bond donors (Lipinski definition) is 0. The molecule has 2 unspecified atom stereocenters. The van der Waals surface area contributed by atoms with Crippen LogP contribution >= 0.6 is 17.7 Å². The van der Waals surface area contributed by atoms with Gasteiger partial charge in [0.25, 0.3) is 0 Å². The van der Waals surface area contributed by atoms with Gasteiger partial charge in [-0.15, -0.1) is 0 Å². The highest BCUT2D eigenvalue weighted by Crippen LogP contribution is 2.55. The van der Waals surface area contributed by atoms with Crippen LogP contribution in [0.2, 0.25) is 0 Å². The monoisotopic (exact) mass is 308 g/mol. The Bertz CT molecular complexity index is 233. The molecule has 116 valence electrons. The molecule has 0 aromatic rings. The molecule has 19 heavy (non-hydrogen) atoms. The van der Waals surface area contributed by atoms with Gasteiger partial charge in [-0.3, -0.25) is 0 Å². The average Bonchev–Trinajstić information content (AvgIpc) is 2.39. The molecule has 0 fully saturated rings. The Hall–Kier alpha value is 0.520. The summed E-state index contributed by atoms with van der Waals surface area (Å²) in [5.41, 5.74) is 0. The minimum Gasteiger partial charge on any atom is -0.307 e. The molecule has 0 aliphatic carbocycles. The maximum Gasteiger partial charge on any atom is 0.170 e. The standard InChI is InChI=1S/C16H34ClOP/c1-5-9-11-15(7-3)13-19(17,18)14-16(8-4)12-10-6-2/h15-16H,5-14H2,1-4H3. The first-order chi connectivity index (χ1) is 8.99. The van der Waals surface area contributed by atoms with Crippen molar-refractivity contribution in [1.29, 1.82) is 0 Å². The van der Waals surface area contributed by atoms with Crippen molar-refractivity contribution in [1.82, 2.24) is 0 Å². The Morgan fingerprint density at radius 1 is 0.842 bits per heavy atom. The zero-order valence-corrected chi connectivity index (χ0v) is 15.1. The maximum atomic E-state index is 12.6. The van der Waals surface area contributed by atoms with E-state index in [4.69, 9.17) is 11.2 Å². The highest BCUT2D eigenvalue weighted by molar-refractivity contribution is 7.89.